The number of benzene rings is 1. The molecule has 4 unspecified atom stereocenters. The fourth-order valence-corrected chi connectivity index (χ4v) is 5.14. The summed E-state index contributed by atoms with van der Waals surface area (Å²) in [6, 6.07) is 7.39. The van der Waals surface area contributed by atoms with E-state index in [2.05, 4.69) is 20.8 Å². The first-order valence-corrected chi connectivity index (χ1v) is 9.28. The van der Waals surface area contributed by atoms with Gasteiger partial charge in [-0.15, -0.1) is 0 Å². The summed E-state index contributed by atoms with van der Waals surface area (Å²) in [5.41, 5.74) is 6.20. The zero-order valence-corrected chi connectivity index (χ0v) is 14.7. The molecule has 118 valence electrons. The lowest BCUT2D eigenvalue weighted by Gasteiger charge is -2.41. The molecule has 1 aliphatic rings. The second-order valence-electron chi connectivity index (χ2n) is 7.16. The van der Waals surface area contributed by atoms with Gasteiger partial charge in [0.2, 0.25) is 0 Å². The van der Waals surface area contributed by atoms with Crippen LogP contribution in [0.2, 0.25) is 5.02 Å². The Labute approximate surface area is 135 Å². The highest BCUT2D eigenvalue weighted by Gasteiger charge is 2.38. The van der Waals surface area contributed by atoms with Crippen LogP contribution in [-0.4, -0.2) is 16.0 Å². The van der Waals surface area contributed by atoms with Crippen molar-refractivity contribution in [2.45, 2.75) is 50.2 Å². The van der Waals surface area contributed by atoms with Crippen LogP contribution in [0.25, 0.3) is 0 Å². The van der Waals surface area contributed by atoms with Gasteiger partial charge in [-0.1, -0.05) is 32.4 Å². The maximum atomic E-state index is 13.0. The second-order valence-corrected chi connectivity index (χ2v) is 9.27. The molecule has 1 aromatic carbocycles. The van der Waals surface area contributed by atoms with Crippen molar-refractivity contribution in [2.24, 2.45) is 23.0 Å². The van der Waals surface area contributed by atoms with Gasteiger partial charge in [-0.3, -0.25) is 4.21 Å². The van der Waals surface area contributed by atoms with Crippen molar-refractivity contribution < 1.29 is 4.21 Å². The first-order valence-electron chi connectivity index (χ1n) is 7.69. The minimum Gasteiger partial charge on any atom is -0.330 e. The molecular weight excluding hydrogens is 302 g/mol. The first-order chi connectivity index (χ1) is 9.82. The van der Waals surface area contributed by atoms with Gasteiger partial charge in [0.1, 0.15) is 0 Å². The molecule has 0 saturated heterocycles. The van der Waals surface area contributed by atoms with E-state index < -0.39 is 10.8 Å². The topological polar surface area (TPSA) is 43.1 Å². The molecule has 1 aliphatic carbocycles. The molecule has 4 atom stereocenters. The normalized spacial score (nSPS) is 28.3. The van der Waals surface area contributed by atoms with Gasteiger partial charge in [0.05, 0.1) is 10.8 Å². The highest BCUT2D eigenvalue weighted by atomic mass is 35.5. The molecule has 2 nitrogen and oxygen atoms in total. The van der Waals surface area contributed by atoms with Crippen molar-refractivity contribution in [3.63, 3.8) is 0 Å². The highest BCUT2D eigenvalue weighted by molar-refractivity contribution is 7.85. The Hall–Kier alpha value is -0.380. The minimum atomic E-state index is -1.00. The monoisotopic (exact) mass is 327 g/mol. The highest BCUT2D eigenvalue weighted by Crippen LogP contribution is 2.42. The molecule has 0 spiro atoms. The Morgan fingerprint density at radius 1 is 1.24 bits per heavy atom. The van der Waals surface area contributed by atoms with Crippen LogP contribution in [0.15, 0.2) is 29.2 Å². The van der Waals surface area contributed by atoms with Gasteiger partial charge in [0, 0.05) is 15.2 Å². The standard InChI is InChI=1S/C17H26ClNOS/c1-17(2,3)13-5-4-12(11-19)16(10-13)21(20)15-8-6-14(18)7-9-15/h6-9,12-13,16H,4-5,10-11,19H2,1-3H3. The molecule has 4 heteroatoms. The zero-order valence-electron chi connectivity index (χ0n) is 13.1. The van der Waals surface area contributed by atoms with Crippen molar-refractivity contribution >= 4 is 22.4 Å². The van der Waals surface area contributed by atoms with Crippen LogP contribution < -0.4 is 5.73 Å². The molecule has 2 rings (SSSR count). The lowest BCUT2D eigenvalue weighted by molar-refractivity contribution is 0.156. The van der Waals surface area contributed by atoms with Crippen LogP contribution in [0.3, 0.4) is 0 Å². The molecule has 0 heterocycles. The fraction of sp³-hybridized carbons (Fsp3) is 0.647. The molecule has 0 aromatic heterocycles. The SMILES string of the molecule is CC(C)(C)C1CCC(CN)C(S(=O)c2ccc(Cl)cc2)C1. The van der Waals surface area contributed by atoms with E-state index >= 15 is 0 Å². The summed E-state index contributed by atoms with van der Waals surface area (Å²) in [6.07, 6.45) is 3.28. The average molecular weight is 328 g/mol. The van der Waals surface area contributed by atoms with E-state index in [1.54, 1.807) is 0 Å². The summed E-state index contributed by atoms with van der Waals surface area (Å²) in [6.45, 7) is 7.47. The lowest BCUT2D eigenvalue weighted by atomic mass is 9.69. The number of hydrogen-bond acceptors (Lipinski definition) is 2. The maximum absolute atomic E-state index is 13.0. The van der Waals surface area contributed by atoms with Gasteiger partial charge in [0.25, 0.3) is 0 Å². The van der Waals surface area contributed by atoms with E-state index in [0.717, 1.165) is 17.7 Å². The van der Waals surface area contributed by atoms with E-state index in [0.29, 0.717) is 23.4 Å². The molecule has 21 heavy (non-hydrogen) atoms. The van der Waals surface area contributed by atoms with Crippen molar-refractivity contribution in [3.8, 4) is 0 Å². The first kappa shape index (κ1) is 17.0. The molecule has 0 aliphatic heterocycles. The van der Waals surface area contributed by atoms with Gasteiger partial charge >= 0.3 is 0 Å². The van der Waals surface area contributed by atoms with Crippen LogP contribution in [-0.2, 0) is 10.8 Å². The number of rotatable bonds is 3. The van der Waals surface area contributed by atoms with E-state index in [1.807, 2.05) is 24.3 Å². The van der Waals surface area contributed by atoms with E-state index in [4.69, 9.17) is 17.3 Å². The van der Waals surface area contributed by atoms with Crippen LogP contribution >= 0.6 is 11.6 Å². The van der Waals surface area contributed by atoms with Crippen molar-refractivity contribution in [1.82, 2.24) is 0 Å². The third kappa shape index (κ3) is 4.08. The van der Waals surface area contributed by atoms with Crippen LogP contribution in [0, 0.1) is 17.3 Å². The fourth-order valence-electron chi connectivity index (χ4n) is 3.25. The summed E-state index contributed by atoms with van der Waals surface area (Å²) in [4.78, 5) is 0.873. The lowest BCUT2D eigenvalue weighted by Crippen LogP contribution is -2.40. The van der Waals surface area contributed by atoms with Crippen molar-refractivity contribution in [2.75, 3.05) is 6.54 Å². The molecule has 1 fully saturated rings. The van der Waals surface area contributed by atoms with Crippen LogP contribution in [0.4, 0.5) is 0 Å². The summed E-state index contributed by atoms with van der Waals surface area (Å²) in [7, 11) is -1.00. The third-order valence-corrected chi connectivity index (χ3v) is 6.89. The van der Waals surface area contributed by atoms with E-state index in [1.165, 1.54) is 6.42 Å². The van der Waals surface area contributed by atoms with Crippen LogP contribution in [0.5, 0.6) is 0 Å². The smallest absolute Gasteiger partial charge is 0.0564 e. The molecule has 0 amide bonds. The number of halogens is 1. The van der Waals surface area contributed by atoms with Crippen molar-refractivity contribution in [3.05, 3.63) is 29.3 Å². The predicted molar refractivity (Wildman–Crippen MR) is 91.0 cm³/mol. The molecule has 1 saturated carbocycles. The minimum absolute atomic E-state index is 0.161. The Morgan fingerprint density at radius 2 is 1.86 bits per heavy atom. The third-order valence-electron chi connectivity index (χ3n) is 4.78. The Kier molecular flexibility index (Phi) is 5.50. The quantitative estimate of drug-likeness (QED) is 0.902. The Morgan fingerprint density at radius 3 is 2.38 bits per heavy atom. The summed E-state index contributed by atoms with van der Waals surface area (Å²) in [5, 5.41) is 0.844. The second kappa shape index (κ2) is 6.80. The average Bonchev–Trinajstić information content (AvgIpc) is 2.45. The van der Waals surface area contributed by atoms with Crippen LogP contribution in [0.1, 0.15) is 40.0 Å². The number of hydrogen-bond donors (Lipinski definition) is 1. The summed E-state index contributed by atoms with van der Waals surface area (Å²) < 4.78 is 13.0. The maximum Gasteiger partial charge on any atom is 0.0564 e. The molecule has 1 aromatic rings. The van der Waals surface area contributed by atoms with Gasteiger partial charge < -0.3 is 5.73 Å². The molecule has 0 radical (unpaired) electrons. The molecule has 0 bridgehead atoms. The summed E-state index contributed by atoms with van der Waals surface area (Å²) >= 11 is 5.92. The van der Waals surface area contributed by atoms with Crippen molar-refractivity contribution in [1.29, 1.82) is 0 Å². The largest absolute Gasteiger partial charge is 0.330 e. The zero-order chi connectivity index (χ0) is 15.6. The molecule has 2 N–H and O–H groups in total. The number of nitrogens with two attached hydrogens (primary N) is 1. The van der Waals surface area contributed by atoms with E-state index in [9.17, 15) is 4.21 Å². The van der Waals surface area contributed by atoms with Gasteiger partial charge in [-0.25, -0.2) is 0 Å². The predicted octanol–water partition coefficient (Wildman–Crippen LogP) is 4.24. The van der Waals surface area contributed by atoms with Gasteiger partial charge in [-0.2, -0.15) is 0 Å². The van der Waals surface area contributed by atoms with Gasteiger partial charge in [-0.05, 0) is 67.3 Å². The Bertz CT molecular complexity index is 495. The van der Waals surface area contributed by atoms with E-state index in [-0.39, 0.29) is 10.7 Å². The Balaban J connectivity index is 2.20. The summed E-state index contributed by atoms with van der Waals surface area (Å²) in [5.74, 6) is 0.974. The van der Waals surface area contributed by atoms with Gasteiger partial charge in [0.15, 0.2) is 0 Å². The molecular formula is C17H26ClNOS.